The van der Waals surface area contributed by atoms with E-state index < -0.39 is 0 Å². The van der Waals surface area contributed by atoms with Crippen molar-refractivity contribution in [1.82, 2.24) is 0 Å². The van der Waals surface area contributed by atoms with Crippen LogP contribution in [0.3, 0.4) is 0 Å². The van der Waals surface area contributed by atoms with Crippen molar-refractivity contribution in [2.75, 3.05) is 0 Å². The summed E-state index contributed by atoms with van der Waals surface area (Å²) < 4.78 is 0. The molecule has 136 valence electrons. The van der Waals surface area contributed by atoms with Crippen molar-refractivity contribution in [2.45, 2.75) is 14.7 Å². The number of hydrogen-bond donors (Lipinski definition) is 1. The number of aliphatic imine (C=N–C) groups is 1. The van der Waals surface area contributed by atoms with E-state index in [0.29, 0.717) is 0 Å². The fourth-order valence-corrected chi connectivity index (χ4v) is 4.12. The van der Waals surface area contributed by atoms with Crippen LogP contribution in [0.15, 0.2) is 123 Å². The topological polar surface area (TPSA) is 12.4 Å². The molecule has 0 unspecified atom stereocenters. The second-order valence-electron chi connectivity index (χ2n) is 6.28. The van der Waals surface area contributed by atoms with Gasteiger partial charge in [-0.05, 0) is 53.1 Å². The number of thiol groups is 1. The third kappa shape index (κ3) is 4.56. The SMILES string of the molecule is Sc1ccccc1-c1cccc(C=Nc2ccccc2Sc2ccccc2)c1. The highest BCUT2D eigenvalue weighted by molar-refractivity contribution is 7.99. The van der Waals surface area contributed by atoms with Crippen LogP contribution in [0.4, 0.5) is 5.69 Å². The predicted molar refractivity (Wildman–Crippen MR) is 123 cm³/mol. The van der Waals surface area contributed by atoms with Crippen LogP contribution in [0.1, 0.15) is 5.56 Å². The van der Waals surface area contributed by atoms with Gasteiger partial charge in [0.05, 0.1) is 5.69 Å². The van der Waals surface area contributed by atoms with Crippen molar-refractivity contribution in [2.24, 2.45) is 4.99 Å². The monoisotopic (exact) mass is 397 g/mol. The van der Waals surface area contributed by atoms with Gasteiger partial charge in [0.15, 0.2) is 0 Å². The largest absolute Gasteiger partial charge is 0.255 e. The van der Waals surface area contributed by atoms with Crippen LogP contribution in [-0.2, 0) is 0 Å². The Balaban J connectivity index is 1.60. The summed E-state index contributed by atoms with van der Waals surface area (Å²) in [5, 5.41) is 0. The van der Waals surface area contributed by atoms with E-state index >= 15 is 0 Å². The fourth-order valence-electron chi connectivity index (χ4n) is 2.91. The van der Waals surface area contributed by atoms with E-state index in [4.69, 9.17) is 4.99 Å². The summed E-state index contributed by atoms with van der Waals surface area (Å²) >= 11 is 6.30. The molecule has 0 heterocycles. The minimum Gasteiger partial charge on any atom is -0.255 e. The zero-order valence-electron chi connectivity index (χ0n) is 15.2. The van der Waals surface area contributed by atoms with Crippen LogP contribution in [0.2, 0.25) is 0 Å². The molecule has 4 aromatic rings. The maximum absolute atomic E-state index is 4.76. The summed E-state index contributed by atoms with van der Waals surface area (Å²) in [7, 11) is 0. The van der Waals surface area contributed by atoms with Crippen molar-refractivity contribution in [3.8, 4) is 11.1 Å². The maximum atomic E-state index is 4.76. The molecule has 0 spiro atoms. The van der Waals surface area contributed by atoms with Crippen LogP contribution in [0.5, 0.6) is 0 Å². The zero-order chi connectivity index (χ0) is 19.2. The van der Waals surface area contributed by atoms with Gasteiger partial charge < -0.3 is 0 Å². The van der Waals surface area contributed by atoms with Crippen LogP contribution >= 0.6 is 24.4 Å². The summed E-state index contributed by atoms with van der Waals surface area (Å²) in [6.07, 6.45) is 1.93. The third-order valence-electron chi connectivity index (χ3n) is 4.29. The van der Waals surface area contributed by atoms with Crippen molar-refractivity contribution in [3.05, 3.63) is 109 Å². The lowest BCUT2D eigenvalue weighted by atomic mass is 10.0. The van der Waals surface area contributed by atoms with Gasteiger partial charge in [0.1, 0.15) is 0 Å². The molecule has 0 amide bonds. The lowest BCUT2D eigenvalue weighted by molar-refractivity contribution is 1.36. The number of benzene rings is 4. The Hall–Kier alpha value is -2.75. The first kappa shape index (κ1) is 18.6. The smallest absolute Gasteiger partial charge is 0.0769 e. The fraction of sp³-hybridized carbons (Fsp3) is 0. The average molecular weight is 398 g/mol. The van der Waals surface area contributed by atoms with Crippen LogP contribution in [0.25, 0.3) is 11.1 Å². The van der Waals surface area contributed by atoms with Crippen molar-refractivity contribution < 1.29 is 0 Å². The molecule has 0 aliphatic carbocycles. The van der Waals surface area contributed by atoms with Crippen LogP contribution in [-0.4, -0.2) is 6.21 Å². The van der Waals surface area contributed by atoms with Gasteiger partial charge >= 0.3 is 0 Å². The van der Waals surface area contributed by atoms with Gasteiger partial charge in [-0.25, -0.2) is 0 Å². The molecule has 0 atom stereocenters. The number of hydrogen-bond acceptors (Lipinski definition) is 3. The van der Waals surface area contributed by atoms with Gasteiger partial charge in [0, 0.05) is 20.9 Å². The first-order valence-electron chi connectivity index (χ1n) is 9.04. The van der Waals surface area contributed by atoms with E-state index in [2.05, 4.69) is 85.4 Å². The molecule has 0 bridgehead atoms. The first-order valence-corrected chi connectivity index (χ1v) is 10.3. The van der Waals surface area contributed by atoms with E-state index in [1.807, 2.05) is 36.5 Å². The van der Waals surface area contributed by atoms with Gasteiger partial charge in [-0.1, -0.05) is 78.5 Å². The minimum atomic E-state index is 0.969. The molecule has 4 rings (SSSR count). The molecule has 28 heavy (non-hydrogen) atoms. The normalized spacial score (nSPS) is 11.0. The molecular weight excluding hydrogens is 378 g/mol. The van der Waals surface area contributed by atoms with Gasteiger partial charge in [0.2, 0.25) is 0 Å². The maximum Gasteiger partial charge on any atom is 0.0769 e. The second kappa shape index (κ2) is 8.96. The molecule has 0 saturated heterocycles. The van der Waals surface area contributed by atoms with Crippen molar-refractivity contribution in [1.29, 1.82) is 0 Å². The molecule has 0 radical (unpaired) electrons. The molecule has 0 aromatic heterocycles. The number of nitrogens with zero attached hydrogens (tertiary/aromatic N) is 1. The Morgan fingerprint density at radius 1 is 0.714 bits per heavy atom. The van der Waals surface area contributed by atoms with Gasteiger partial charge in [-0.2, -0.15) is 0 Å². The van der Waals surface area contributed by atoms with Gasteiger partial charge in [-0.15, -0.1) is 12.6 Å². The first-order chi connectivity index (χ1) is 13.8. The van der Waals surface area contributed by atoms with E-state index in [9.17, 15) is 0 Å². The van der Waals surface area contributed by atoms with Crippen LogP contribution in [0, 0.1) is 0 Å². The average Bonchev–Trinajstić information content (AvgIpc) is 2.74. The summed E-state index contributed by atoms with van der Waals surface area (Å²) in [6, 6.07) is 35.1. The Morgan fingerprint density at radius 3 is 2.32 bits per heavy atom. The van der Waals surface area contributed by atoms with Gasteiger partial charge in [-0.3, -0.25) is 4.99 Å². The molecule has 0 saturated carbocycles. The molecule has 0 aliphatic heterocycles. The van der Waals surface area contributed by atoms with Crippen molar-refractivity contribution >= 4 is 36.3 Å². The Morgan fingerprint density at radius 2 is 1.46 bits per heavy atom. The summed E-state index contributed by atoms with van der Waals surface area (Å²) in [5.74, 6) is 0. The molecule has 0 aliphatic rings. The Kier molecular flexibility index (Phi) is 5.95. The molecule has 3 heteroatoms. The summed E-state index contributed by atoms with van der Waals surface area (Å²) in [5.41, 5.74) is 4.30. The molecular formula is C25H19NS2. The lowest BCUT2D eigenvalue weighted by Gasteiger charge is -2.07. The minimum absolute atomic E-state index is 0.969. The third-order valence-corrected chi connectivity index (χ3v) is 5.75. The molecule has 1 nitrogen and oxygen atoms in total. The van der Waals surface area contributed by atoms with Crippen LogP contribution < -0.4 is 0 Å². The predicted octanol–water partition coefficient (Wildman–Crippen LogP) is 7.54. The van der Waals surface area contributed by atoms with E-state index in [0.717, 1.165) is 32.2 Å². The summed E-state index contributed by atoms with van der Waals surface area (Å²) in [4.78, 5) is 8.08. The lowest BCUT2D eigenvalue weighted by Crippen LogP contribution is -1.85. The molecule has 0 fully saturated rings. The van der Waals surface area contributed by atoms with E-state index in [-0.39, 0.29) is 0 Å². The molecule has 0 N–H and O–H groups in total. The standard InChI is InChI=1S/C25H19NS2/c27-24-15-6-4-13-22(24)20-10-8-9-19(17-20)18-26-23-14-5-7-16-25(23)28-21-11-2-1-3-12-21/h1-18,27H. The number of rotatable bonds is 5. The van der Waals surface area contributed by atoms with E-state index in [1.165, 1.54) is 4.90 Å². The number of para-hydroxylation sites is 1. The Bertz CT molecular complexity index is 1100. The highest BCUT2D eigenvalue weighted by Gasteiger charge is 2.04. The quantitative estimate of drug-likeness (QED) is 0.271. The second-order valence-corrected chi connectivity index (χ2v) is 7.88. The van der Waals surface area contributed by atoms with E-state index in [1.54, 1.807) is 11.8 Å². The van der Waals surface area contributed by atoms with Gasteiger partial charge in [0.25, 0.3) is 0 Å². The highest BCUT2D eigenvalue weighted by Crippen LogP contribution is 2.34. The highest BCUT2D eigenvalue weighted by atomic mass is 32.2. The van der Waals surface area contributed by atoms with Crippen molar-refractivity contribution in [3.63, 3.8) is 0 Å². The zero-order valence-corrected chi connectivity index (χ0v) is 16.9. The Labute approximate surface area is 175 Å². The summed E-state index contributed by atoms with van der Waals surface area (Å²) in [6.45, 7) is 0. The molecule has 4 aromatic carbocycles.